The van der Waals surface area contributed by atoms with E-state index in [2.05, 4.69) is 26.1 Å². The average molecular weight is 290 g/mol. The molecular formula is C14H21Cl2NO. The molecule has 0 heterocycles. The van der Waals surface area contributed by atoms with Crippen LogP contribution in [0.4, 0.5) is 0 Å². The molecule has 4 heteroatoms. The number of hydrogen-bond donors (Lipinski definition) is 1. The van der Waals surface area contributed by atoms with Crippen LogP contribution in [0.25, 0.3) is 0 Å². The lowest BCUT2D eigenvalue weighted by Crippen LogP contribution is -2.35. The van der Waals surface area contributed by atoms with Crippen LogP contribution >= 0.6 is 23.2 Å². The normalized spacial score (nSPS) is 12.0. The highest BCUT2D eigenvalue weighted by molar-refractivity contribution is 6.37. The van der Waals surface area contributed by atoms with Gasteiger partial charge in [0.15, 0.2) is 5.75 Å². The van der Waals surface area contributed by atoms with Gasteiger partial charge >= 0.3 is 0 Å². The van der Waals surface area contributed by atoms with Crippen LogP contribution in [-0.2, 0) is 6.54 Å². The Morgan fingerprint density at radius 2 is 1.67 bits per heavy atom. The Labute approximate surface area is 120 Å². The molecule has 0 amide bonds. The summed E-state index contributed by atoms with van der Waals surface area (Å²) in [5.41, 5.74) is 1.11. The molecule has 1 rings (SSSR count). The van der Waals surface area contributed by atoms with E-state index >= 15 is 0 Å². The Bertz CT molecular complexity index is 388. The van der Waals surface area contributed by atoms with Gasteiger partial charge in [-0.3, -0.25) is 0 Å². The van der Waals surface area contributed by atoms with Crippen LogP contribution in [0, 0.1) is 0 Å². The minimum atomic E-state index is 0.0542. The summed E-state index contributed by atoms with van der Waals surface area (Å²) in [6, 6.07) is 3.79. The Balaban J connectivity index is 2.86. The van der Waals surface area contributed by atoms with Crippen molar-refractivity contribution in [2.45, 2.75) is 52.8 Å². The van der Waals surface area contributed by atoms with Crippen molar-refractivity contribution in [1.82, 2.24) is 5.32 Å². The summed E-state index contributed by atoms with van der Waals surface area (Å²) in [5.74, 6) is 0.563. The van der Waals surface area contributed by atoms with Gasteiger partial charge in [-0.1, -0.05) is 23.2 Å². The lowest BCUT2D eigenvalue weighted by atomic mass is 10.1. The minimum Gasteiger partial charge on any atom is -0.488 e. The highest BCUT2D eigenvalue weighted by Crippen LogP contribution is 2.35. The van der Waals surface area contributed by atoms with Gasteiger partial charge in [0.1, 0.15) is 0 Å². The molecule has 0 atom stereocenters. The van der Waals surface area contributed by atoms with E-state index < -0.39 is 0 Å². The molecule has 0 aromatic heterocycles. The van der Waals surface area contributed by atoms with E-state index in [1.165, 1.54) is 0 Å². The topological polar surface area (TPSA) is 21.3 Å². The first-order valence-corrected chi connectivity index (χ1v) is 6.84. The third-order valence-corrected chi connectivity index (χ3v) is 2.80. The molecule has 0 aliphatic rings. The van der Waals surface area contributed by atoms with Gasteiger partial charge < -0.3 is 10.1 Å². The van der Waals surface area contributed by atoms with Crippen LogP contribution in [0.15, 0.2) is 12.1 Å². The second-order valence-electron chi connectivity index (χ2n) is 5.66. The molecule has 0 spiro atoms. The molecule has 1 aromatic rings. The summed E-state index contributed by atoms with van der Waals surface area (Å²) < 4.78 is 5.59. The predicted molar refractivity (Wildman–Crippen MR) is 78.8 cm³/mol. The van der Waals surface area contributed by atoms with E-state index in [1.807, 2.05) is 26.0 Å². The van der Waals surface area contributed by atoms with Crippen molar-refractivity contribution >= 4 is 23.2 Å². The second kappa shape index (κ2) is 6.14. The van der Waals surface area contributed by atoms with Crippen molar-refractivity contribution < 1.29 is 4.74 Å². The molecule has 2 nitrogen and oxygen atoms in total. The smallest absolute Gasteiger partial charge is 0.156 e. The highest BCUT2D eigenvalue weighted by atomic mass is 35.5. The van der Waals surface area contributed by atoms with Gasteiger partial charge in [-0.25, -0.2) is 0 Å². The predicted octanol–water partition coefficient (Wildman–Crippen LogP) is 4.67. The Morgan fingerprint density at radius 3 is 2.06 bits per heavy atom. The lowest BCUT2D eigenvalue weighted by Gasteiger charge is -2.21. The molecular weight excluding hydrogens is 269 g/mol. The maximum absolute atomic E-state index is 6.19. The van der Waals surface area contributed by atoms with E-state index in [9.17, 15) is 0 Å². The lowest BCUT2D eigenvalue weighted by molar-refractivity contribution is 0.242. The van der Waals surface area contributed by atoms with Crippen molar-refractivity contribution in [2.24, 2.45) is 0 Å². The van der Waals surface area contributed by atoms with Crippen molar-refractivity contribution in [2.75, 3.05) is 0 Å². The molecule has 0 aliphatic heterocycles. The number of ether oxygens (including phenoxy) is 1. The molecule has 0 fully saturated rings. The third kappa shape index (κ3) is 5.05. The molecule has 102 valence electrons. The maximum atomic E-state index is 6.19. The first-order chi connectivity index (χ1) is 8.19. The van der Waals surface area contributed by atoms with Crippen LogP contribution in [0.1, 0.15) is 40.2 Å². The van der Waals surface area contributed by atoms with Crippen molar-refractivity contribution in [3.05, 3.63) is 27.7 Å². The SMILES string of the molecule is CC(C)Oc1c(Cl)cc(CNC(C)(C)C)cc1Cl. The molecule has 1 aromatic carbocycles. The van der Waals surface area contributed by atoms with Crippen LogP contribution in [0.2, 0.25) is 10.0 Å². The van der Waals surface area contributed by atoms with Crippen LogP contribution in [0.5, 0.6) is 5.75 Å². The standard InChI is InChI=1S/C14H21Cl2NO/c1-9(2)18-13-11(15)6-10(7-12(13)16)8-17-14(3,4)5/h6-7,9,17H,8H2,1-5H3. The fraction of sp³-hybridized carbons (Fsp3) is 0.571. The number of nitrogens with one attached hydrogen (secondary N) is 1. The zero-order valence-corrected chi connectivity index (χ0v) is 13.1. The molecule has 1 N–H and O–H groups in total. The van der Waals surface area contributed by atoms with Crippen molar-refractivity contribution in [3.8, 4) is 5.75 Å². The summed E-state index contributed by atoms with van der Waals surface area (Å²) >= 11 is 12.4. The average Bonchev–Trinajstić information content (AvgIpc) is 2.19. The van der Waals surface area contributed by atoms with Gasteiger partial charge in [-0.15, -0.1) is 0 Å². The largest absolute Gasteiger partial charge is 0.488 e. The molecule has 18 heavy (non-hydrogen) atoms. The van der Waals surface area contributed by atoms with Gasteiger partial charge in [0.05, 0.1) is 16.1 Å². The fourth-order valence-electron chi connectivity index (χ4n) is 1.43. The second-order valence-corrected chi connectivity index (χ2v) is 6.47. The van der Waals surface area contributed by atoms with Gasteiger partial charge in [0.25, 0.3) is 0 Å². The monoisotopic (exact) mass is 289 g/mol. The zero-order valence-electron chi connectivity index (χ0n) is 11.6. The Kier molecular flexibility index (Phi) is 5.32. The maximum Gasteiger partial charge on any atom is 0.156 e. The summed E-state index contributed by atoms with van der Waals surface area (Å²) in [5, 5.41) is 4.51. The number of benzene rings is 1. The molecule has 0 saturated carbocycles. The first kappa shape index (κ1) is 15.6. The number of hydrogen-bond acceptors (Lipinski definition) is 2. The van der Waals surface area contributed by atoms with Crippen molar-refractivity contribution in [1.29, 1.82) is 0 Å². The van der Waals surface area contributed by atoms with E-state index in [0.29, 0.717) is 15.8 Å². The van der Waals surface area contributed by atoms with Gasteiger partial charge in [0, 0.05) is 12.1 Å². The fourth-order valence-corrected chi connectivity index (χ4v) is 2.05. The summed E-state index contributed by atoms with van der Waals surface area (Å²) in [6.07, 6.45) is 0.0542. The van der Waals surface area contributed by atoms with E-state index in [0.717, 1.165) is 12.1 Å². The highest BCUT2D eigenvalue weighted by Gasteiger charge is 2.13. The van der Waals surface area contributed by atoms with Gasteiger partial charge in [-0.2, -0.15) is 0 Å². The van der Waals surface area contributed by atoms with E-state index in [1.54, 1.807) is 0 Å². The van der Waals surface area contributed by atoms with Crippen LogP contribution in [0.3, 0.4) is 0 Å². The molecule has 0 radical (unpaired) electrons. The molecule has 0 bridgehead atoms. The van der Waals surface area contributed by atoms with Crippen molar-refractivity contribution in [3.63, 3.8) is 0 Å². The number of halogens is 2. The van der Waals surface area contributed by atoms with E-state index in [4.69, 9.17) is 27.9 Å². The Morgan fingerprint density at radius 1 is 1.17 bits per heavy atom. The third-order valence-electron chi connectivity index (χ3n) is 2.23. The summed E-state index contributed by atoms with van der Waals surface area (Å²) in [6.45, 7) is 11.0. The Hall–Kier alpha value is -0.440. The first-order valence-electron chi connectivity index (χ1n) is 6.08. The zero-order chi connectivity index (χ0) is 13.9. The summed E-state index contributed by atoms with van der Waals surface area (Å²) in [7, 11) is 0. The minimum absolute atomic E-state index is 0.0542. The molecule has 0 saturated heterocycles. The quantitative estimate of drug-likeness (QED) is 0.870. The van der Waals surface area contributed by atoms with Gasteiger partial charge in [-0.05, 0) is 52.3 Å². The molecule has 0 aliphatic carbocycles. The van der Waals surface area contributed by atoms with Gasteiger partial charge in [0.2, 0.25) is 0 Å². The van der Waals surface area contributed by atoms with E-state index in [-0.39, 0.29) is 11.6 Å². The van der Waals surface area contributed by atoms with Crippen LogP contribution < -0.4 is 10.1 Å². The summed E-state index contributed by atoms with van der Waals surface area (Å²) in [4.78, 5) is 0. The van der Waals surface area contributed by atoms with Crippen LogP contribution in [-0.4, -0.2) is 11.6 Å². The number of rotatable bonds is 4. The molecule has 0 unspecified atom stereocenters.